The van der Waals surface area contributed by atoms with Crippen LogP contribution in [0.5, 0.6) is 0 Å². The first-order valence-corrected chi connectivity index (χ1v) is 7.77. The maximum atomic E-state index is 13.6. The van der Waals surface area contributed by atoms with E-state index < -0.39 is 18.4 Å². The Hall–Kier alpha value is -2.35. The van der Waals surface area contributed by atoms with Gasteiger partial charge in [-0.2, -0.15) is 15.0 Å². The lowest BCUT2D eigenvalue weighted by Gasteiger charge is -2.39. The normalized spacial score (nSPS) is 20.2. The van der Waals surface area contributed by atoms with E-state index >= 15 is 0 Å². The number of amides is 1. The molecule has 3 rings (SSSR count). The van der Waals surface area contributed by atoms with Gasteiger partial charge in [0.2, 0.25) is 0 Å². The second kappa shape index (κ2) is 6.27. The highest BCUT2D eigenvalue weighted by molar-refractivity contribution is 5.98. The molecule has 1 aromatic heterocycles. The van der Waals surface area contributed by atoms with Crippen molar-refractivity contribution in [1.82, 2.24) is 19.9 Å². The van der Waals surface area contributed by atoms with Crippen molar-refractivity contribution < 1.29 is 13.6 Å². The van der Waals surface area contributed by atoms with Gasteiger partial charge >= 0.3 is 0 Å². The number of rotatable bonds is 3. The number of aromatic nitrogens is 3. The third kappa shape index (κ3) is 3.14. The van der Waals surface area contributed by atoms with Crippen molar-refractivity contribution in [2.24, 2.45) is 5.73 Å². The molecule has 1 unspecified atom stereocenters. The third-order valence-electron chi connectivity index (χ3n) is 4.24. The zero-order chi connectivity index (χ0) is 17.3. The molecular formula is C16H19F2N5O. The van der Waals surface area contributed by atoms with Crippen LogP contribution in [0, 0.1) is 6.92 Å². The van der Waals surface area contributed by atoms with Crippen molar-refractivity contribution in [3.63, 3.8) is 0 Å². The van der Waals surface area contributed by atoms with Gasteiger partial charge in [-0.05, 0) is 19.1 Å². The molecule has 1 atom stereocenters. The smallest absolute Gasteiger partial charge is 0.256 e. The molecule has 1 saturated heterocycles. The molecule has 1 aromatic carbocycles. The number of halogens is 2. The van der Waals surface area contributed by atoms with Crippen molar-refractivity contribution in [1.29, 1.82) is 0 Å². The van der Waals surface area contributed by atoms with Crippen LogP contribution in [0.3, 0.4) is 0 Å². The minimum Gasteiger partial charge on any atom is -0.334 e. The van der Waals surface area contributed by atoms with E-state index in [9.17, 15) is 13.6 Å². The average Bonchev–Trinajstić information content (AvgIpc) is 3.07. The Kier molecular flexibility index (Phi) is 4.31. The quantitative estimate of drug-likeness (QED) is 0.927. The Morgan fingerprint density at radius 2 is 2.08 bits per heavy atom. The van der Waals surface area contributed by atoms with Crippen molar-refractivity contribution >= 4 is 5.91 Å². The van der Waals surface area contributed by atoms with E-state index in [0.29, 0.717) is 11.3 Å². The molecule has 1 fully saturated rings. The average molecular weight is 335 g/mol. The van der Waals surface area contributed by atoms with E-state index in [1.807, 2.05) is 13.0 Å². The van der Waals surface area contributed by atoms with E-state index in [1.165, 1.54) is 22.1 Å². The summed E-state index contributed by atoms with van der Waals surface area (Å²) in [5.74, 6) is -3.10. The fourth-order valence-corrected chi connectivity index (χ4v) is 2.99. The van der Waals surface area contributed by atoms with E-state index in [0.717, 1.165) is 5.56 Å². The van der Waals surface area contributed by atoms with Gasteiger partial charge in [-0.25, -0.2) is 8.78 Å². The Morgan fingerprint density at radius 3 is 2.75 bits per heavy atom. The minimum absolute atomic E-state index is 0.00248. The summed E-state index contributed by atoms with van der Waals surface area (Å²) in [5.41, 5.74) is 7.43. The predicted molar refractivity (Wildman–Crippen MR) is 84.2 cm³/mol. The first-order valence-electron chi connectivity index (χ1n) is 7.77. The number of nitrogens with two attached hydrogens (primary N) is 1. The molecule has 2 aromatic rings. The van der Waals surface area contributed by atoms with Crippen LogP contribution in [0.2, 0.25) is 0 Å². The molecule has 0 bridgehead atoms. The summed E-state index contributed by atoms with van der Waals surface area (Å²) in [7, 11) is 0. The fourth-order valence-electron chi connectivity index (χ4n) is 2.99. The van der Waals surface area contributed by atoms with Crippen LogP contribution in [-0.2, 0) is 0 Å². The van der Waals surface area contributed by atoms with E-state index in [4.69, 9.17) is 5.73 Å². The number of alkyl halides is 2. The van der Waals surface area contributed by atoms with E-state index in [-0.39, 0.29) is 25.4 Å². The molecule has 1 aliphatic rings. The topological polar surface area (TPSA) is 77.0 Å². The number of carbonyl (C=O) groups is 1. The van der Waals surface area contributed by atoms with Gasteiger partial charge in [-0.15, -0.1) is 0 Å². The number of carbonyl (C=O) groups excluding carboxylic acids is 1. The van der Waals surface area contributed by atoms with Gasteiger partial charge in [0, 0.05) is 32.0 Å². The van der Waals surface area contributed by atoms with Crippen LogP contribution in [0.25, 0.3) is 5.69 Å². The van der Waals surface area contributed by atoms with Crippen LogP contribution in [0.4, 0.5) is 8.78 Å². The molecule has 1 amide bonds. The summed E-state index contributed by atoms with van der Waals surface area (Å²) >= 11 is 0. The number of hydrogen-bond acceptors (Lipinski definition) is 4. The minimum atomic E-state index is -2.78. The summed E-state index contributed by atoms with van der Waals surface area (Å²) in [6.45, 7) is 1.85. The zero-order valence-corrected chi connectivity index (χ0v) is 13.3. The lowest BCUT2D eigenvalue weighted by Crippen LogP contribution is -2.52. The molecule has 6 nitrogen and oxygen atoms in total. The highest BCUT2D eigenvalue weighted by Crippen LogP contribution is 2.32. The first kappa shape index (κ1) is 16.5. The van der Waals surface area contributed by atoms with Gasteiger partial charge in [0.1, 0.15) is 0 Å². The summed E-state index contributed by atoms with van der Waals surface area (Å²) in [6, 6.07) is 4.64. The van der Waals surface area contributed by atoms with Crippen LogP contribution in [0.15, 0.2) is 30.6 Å². The van der Waals surface area contributed by atoms with Crippen LogP contribution < -0.4 is 5.73 Å². The van der Waals surface area contributed by atoms with Gasteiger partial charge in [0.05, 0.1) is 23.6 Å². The molecule has 0 aliphatic carbocycles. The van der Waals surface area contributed by atoms with E-state index in [1.54, 1.807) is 12.1 Å². The second-order valence-electron chi connectivity index (χ2n) is 6.04. The van der Waals surface area contributed by atoms with Gasteiger partial charge in [0.25, 0.3) is 11.8 Å². The Morgan fingerprint density at radius 1 is 1.38 bits per heavy atom. The largest absolute Gasteiger partial charge is 0.334 e. The molecule has 1 aliphatic heterocycles. The number of likely N-dealkylation sites (tertiary alicyclic amines) is 1. The fraction of sp³-hybridized carbons (Fsp3) is 0.438. The number of aryl methyl sites for hydroxylation is 1. The summed E-state index contributed by atoms with van der Waals surface area (Å²) in [5, 5.41) is 8.11. The monoisotopic (exact) mass is 335 g/mol. The number of nitrogens with zero attached hydrogens (tertiary/aromatic N) is 4. The van der Waals surface area contributed by atoms with E-state index in [2.05, 4.69) is 10.2 Å². The number of hydrogen-bond donors (Lipinski definition) is 1. The van der Waals surface area contributed by atoms with Gasteiger partial charge in [-0.1, -0.05) is 11.6 Å². The summed E-state index contributed by atoms with van der Waals surface area (Å²) in [4.78, 5) is 15.8. The molecule has 2 N–H and O–H groups in total. The Bertz CT molecular complexity index is 732. The maximum Gasteiger partial charge on any atom is 0.256 e. The SMILES string of the molecule is Cc1ccc(-n2nccn2)c(C(=O)N2CCC(F)(F)CC2CN)c1. The van der Waals surface area contributed by atoms with Gasteiger partial charge < -0.3 is 10.6 Å². The van der Waals surface area contributed by atoms with Crippen molar-refractivity contribution in [2.45, 2.75) is 31.7 Å². The second-order valence-corrected chi connectivity index (χ2v) is 6.04. The van der Waals surface area contributed by atoms with Crippen molar-refractivity contribution in [3.8, 4) is 5.69 Å². The molecule has 0 spiro atoms. The maximum absolute atomic E-state index is 13.6. The van der Waals surface area contributed by atoms with Crippen molar-refractivity contribution in [3.05, 3.63) is 41.7 Å². The lowest BCUT2D eigenvalue weighted by molar-refractivity contribution is -0.0680. The van der Waals surface area contributed by atoms with Gasteiger partial charge in [-0.3, -0.25) is 4.79 Å². The Labute approximate surface area is 138 Å². The molecule has 128 valence electrons. The highest BCUT2D eigenvalue weighted by atomic mass is 19.3. The molecular weight excluding hydrogens is 316 g/mol. The molecule has 8 heteroatoms. The first-order chi connectivity index (χ1) is 11.4. The lowest BCUT2D eigenvalue weighted by atomic mass is 9.97. The Balaban J connectivity index is 1.96. The molecule has 0 radical (unpaired) electrons. The molecule has 24 heavy (non-hydrogen) atoms. The van der Waals surface area contributed by atoms with Crippen LogP contribution >= 0.6 is 0 Å². The number of piperidine rings is 1. The molecule has 0 saturated carbocycles. The number of benzene rings is 1. The van der Waals surface area contributed by atoms with Crippen molar-refractivity contribution in [2.75, 3.05) is 13.1 Å². The molecule has 2 heterocycles. The predicted octanol–water partition coefficient (Wildman–Crippen LogP) is 1.77. The van der Waals surface area contributed by atoms with Crippen LogP contribution in [-0.4, -0.2) is 50.9 Å². The summed E-state index contributed by atoms with van der Waals surface area (Å²) < 4.78 is 27.3. The summed E-state index contributed by atoms with van der Waals surface area (Å²) in [6.07, 6.45) is 2.27. The standard InChI is InChI=1S/C16H19F2N5O/c1-11-2-3-14(23-20-5-6-21-23)13(8-11)15(24)22-7-4-16(17,18)9-12(22)10-19/h2-3,5-6,8,12H,4,7,9-10,19H2,1H3. The third-order valence-corrected chi connectivity index (χ3v) is 4.24. The van der Waals surface area contributed by atoms with Crippen LogP contribution in [0.1, 0.15) is 28.8 Å². The zero-order valence-electron chi connectivity index (χ0n) is 13.3. The highest BCUT2D eigenvalue weighted by Gasteiger charge is 2.42. The van der Waals surface area contributed by atoms with Gasteiger partial charge in [0.15, 0.2) is 0 Å².